The Labute approximate surface area is 175 Å². The van der Waals surface area contributed by atoms with Gasteiger partial charge in [0, 0.05) is 18.7 Å². The molecule has 0 radical (unpaired) electrons. The lowest BCUT2D eigenvalue weighted by molar-refractivity contribution is -0.143. The van der Waals surface area contributed by atoms with E-state index in [1.807, 2.05) is 0 Å². The molecule has 0 unspecified atom stereocenters. The average molecular weight is 420 g/mol. The fourth-order valence-corrected chi connectivity index (χ4v) is 2.44. The number of hydrogen-bond donors (Lipinski definition) is 0. The highest BCUT2D eigenvalue weighted by atomic mass is 16.7. The second kappa shape index (κ2) is 8.47. The maximum absolute atomic E-state index is 13.1. The summed E-state index contributed by atoms with van der Waals surface area (Å²) in [5, 5.41) is -0.0503. The lowest BCUT2D eigenvalue weighted by atomic mass is 9.97. The van der Waals surface area contributed by atoms with Gasteiger partial charge in [0.1, 0.15) is 16.7 Å². The van der Waals surface area contributed by atoms with Crippen LogP contribution in [0.25, 0.3) is 11.0 Å². The first-order valence-corrected chi connectivity index (χ1v) is 9.42. The predicted molar refractivity (Wildman–Crippen MR) is 110 cm³/mol. The summed E-state index contributed by atoms with van der Waals surface area (Å²) in [5.41, 5.74) is -2.04. The van der Waals surface area contributed by atoms with E-state index in [-0.39, 0.29) is 40.4 Å². The fraction of sp³-hybridized carbons (Fsp3) is 0.500. The lowest BCUT2D eigenvalue weighted by Crippen LogP contribution is -2.29. The Morgan fingerprint density at radius 3 is 2.27 bits per heavy atom. The monoisotopic (exact) mass is 420 g/mol. The maximum Gasteiger partial charge on any atom is 0.343 e. The van der Waals surface area contributed by atoms with Gasteiger partial charge in [-0.1, -0.05) is 0 Å². The first-order valence-electron chi connectivity index (χ1n) is 9.42. The van der Waals surface area contributed by atoms with Crippen LogP contribution in [0.2, 0.25) is 0 Å². The van der Waals surface area contributed by atoms with Crippen molar-refractivity contribution in [3.63, 3.8) is 0 Å². The van der Waals surface area contributed by atoms with Gasteiger partial charge >= 0.3 is 11.9 Å². The van der Waals surface area contributed by atoms with E-state index in [0.29, 0.717) is 0 Å². The summed E-state index contributed by atoms with van der Waals surface area (Å²) in [4.78, 5) is 38.7. The molecule has 8 nitrogen and oxygen atoms in total. The highest BCUT2D eigenvalue weighted by Gasteiger charge is 2.33. The molecule has 0 aliphatic rings. The van der Waals surface area contributed by atoms with E-state index in [0.717, 1.165) is 0 Å². The van der Waals surface area contributed by atoms with Gasteiger partial charge < -0.3 is 23.4 Å². The fourth-order valence-electron chi connectivity index (χ4n) is 2.44. The first kappa shape index (κ1) is 23.4. The number of methoxy groups -OCH3 is 1. The molecule has 0 amide bonds. The maximum atomic E-state index is 13.1. The summed E-state index contributed by atoms with van der Waals surface area (Å²) in [7, 11) is 1.42. The lowest BCUT2D eigenvalue weighted by Gasteiger charge is -2.23. The minimum atomic E-state index is -0.879. The molecule has 2 rings (SSSR count). The van der Waals surface area contributed by atoms with Gasteiger partial charge in [0.15, 0.2) is 23.7 Å². The van der Waals surface area contributed by atoms with Gasteiger partial charge in [0.25, 0.3) is 0 Å². The van der Waals surface area contributed by atoms with Crippen LogP contribution in [-0.4, -0.2) is 31.4 Å². The van der Waals surface area contributed by atoms with Crippen LogP contribution in [-0.2, 0) is 14.3 Å². The molecule has 1 aromatic heterocycles. The number of fused-ring (bicyclic) bond motifs is 1. The van der Waals surface area contributed by atoms with Crippen LogP contribution in [0.15, 0.2) is 21.5 Å². The Balaban J connectivity index is 2.89. The molecule has 1 aromatic carbocycles. The second-order valence-electron chi connectivity index (χ2n) is 8.89. The first-order chi connectivity index (χ1) is 13.8. The van der Waals surface area contributed by atoms with Crippen LogP contribution in [0.1, 0.15) is 57.5 Å². The molecule has 30 heavy (non-hydrogen) atoms. The highest BCUT2D eigenvalue weighted by Crippen LogP contribution is 2.39. The highest BCUT2D eigenvalue weighted by molar-refractivity contribution is 6.07. The third-order valence-electron chi connectivity index (χ3n) is 3.90. The third-order valence-corrected chi connectivity index (χ3v) is 3.90. The van der Waals surface area contributed by atoms with E-state index in [1.165, 1.54) is 19.4 Å². The third kappa shape index (κ3) is 5.18. The van der Waals surface area contributed by atoms with Crippen molar-refractivity contribution < 1.29 is 33.0 Å². The second-order valence-corrected chi connectivity index (χ2v) is 8.89. The number of carbonyl (C=O) groups excluding carboxylic acids is 2. The number of carbonyl (C=O) groups is 2. The Kier molecular flexibility index (Phi) is 6.61. The Morgan fingerprint density at radius 2 is 1.73 bits per heavy atom. The van der Waals surface area contributed by atoms with E-state index in [4.69, 9.17) is 23.4 Å². The topological polar surface area (TPSA) is 101 Å². The molecule has 0 bridgehead atoms. The van der Waals surface area contributed by atoms with Crippen LogP contribution >= 0.6 is 0 Å². The van der Waals surface area contributed by atoms with Crippen molar-refractivity contribution >= 4 is 22.9 Å². The minimum Gasteiger partial charge on any atom is -0.464 e. The molecule has 0 fully saturated rings. The van der Waals surface area contributed by atoms with E-state index in [1.54, 1.807) is 48.5 Å². The number of esters is 2. The van der Waals surface area contributed by atoms with Crippen molar-refractivity contribution in [1.29, 1.82) is 0 Å². The molecule has 8 heteroatoms. The molecule has 2 aromatic rings. The van der Waals surface area contributed by atoms with Gasteiger partial charge in [-0.25, -0.2) is 4.79 Å². The van der Waals surface area contributed by atoms with Gasteiger partial charge in [-0.2, -0.15) is 0 Å². The van der Waals surface area contributed by atoms with Gasteiger partial charge in [0.2, 0.25) is 0 Å². The van der Waals surface area contributed by atoms with Crippen LogP contribution < -0.4 is 14.9 Å². The molecule has 0 spiro atoms. The molecule has 0 saturated heterocycles. The minimum absolute atomic E-state index is 0.00909. The Bertz CT molecular complexity index is 1020. The zero-order valence-electron chi connectivity index (χ0n) is 18.6. The molecule has 0 N–H and O–H groups in total. The summed E-state index contributed by atoms with van der Waals surface area (Å²) in [5.74, 6) is -1.67. The largest absolute Gasteiger partial charge is 0.464 e. The standard InChI is InChI=1S/C22H28O8/c1-12-10-27-13-9-14(28-11-26-8)18(29-20(25)21(2,3)4)16(15(13)17(12)23)19(24)30-22(5,6)7/h9-10H,11H2,1-8H3. The molecule has 0 aliphatic carbocycles. The number of hydrogen-bond acceptors (Lipinski definition) is 8. The molecule has 164 valence electrons. The van der Waals surface area contributed by atoms with Gasteiger partial charge in [-0.15, -0.1) is 0 Å². The SMILES string of the molecule is COCOc1cc2occ(C)c(=O)c2c(C(=O)OC(C)(C)C)c1OC(=O)C(C)(C)C. The number of benzene rings is 1. The Morgan fingerprint density at radius 1 is 1.10 bits per heavy atom. The number of rotatable bonds is 5. The van der Waals surface area contributed by atoms with Crippen LogP contribution in [0.5, 0.6) is 11.5 Å². The summed E-state index contributed by atoms with van der Waals surface area (Å²) in [6, 6.07) is 1.38. The summed E-state index contributed by atoms with van der Waals surface area (Å²) >= 11 is 0. The van der Waals surface area contributed by atoms with Crippen LogP contribution in [0.4, 0.5) is 0 Å². The molecule has 0 aliphatic heterocycles. The van der Waals surface area contributed by atoms with Crippen molar-refractivity contribution in [2.24, 2.45) is 5.41 Å². The smallest absolute Gasteiger partial charge is 0.343 e. The van der Waals surface area contributed by atoms with Crippen molar-refractivity contribution in [2.45, 2.75) is 54.1 Å². The Hall–Kier alpha value is -2.87. The van der Waals surface area contributed by atoms with Gasteiger partial charge in [-0.3, -0.25) is 9.59 Å². The van der Waals surface area contributed by atoms with E-state index in [9.17, 15) is 14.4 Å². The van der Waals surface area contributed by atoms with Crippen molar-refractivity contribution in [1.82, 2.24) is 0 Å². The molecular formula is C22H28O8. The number of aryl methyl sites for hydroxylation is 1. The van der Waals surface area contributed by atoms with Crippen LogP contribution in [0.3, 0.4) is 0 Å². The van der Waals surface area contributed by atoms with E-state index in [2.05, 4.69) is 0 Å². The number of ether oxygens (including phenoxy) is 4. The van der Waals surface area contributed by atoms with Crippen LogP contribution in [0, 0.1) is 12.3 Å². The van der Waals surface area contributed by atoms with E-state index >= 15 is 0 Å². The van der Waals surface area contributed by atoms with Crippen molar-refractivity contribution in [3.8, 4) is 11.5 Å². The predicted octanol–water partition coefficient (Wildman–Crippen LogP) is 3.99. The van der Waals surface area contributed by atoms with Crippen molar-refractivity contribution in [2.75, 3.05) is 13.9 Å². The molecule has 0 atom stereocenters. The zero-order chi connectivity index (χ0) is 22.9. The van der Waals surface area contributed by atoms with Gasteiger partial charge in [0.05, 0.1) is 17.1 Å². The molecular weight excluding hydrogens is 392 g/mol. The summed E-state index contributed by atoms with van der Waals surface area (Å²) in [6.45, 7) is 11.4. The van der Waals surface area contributed by atoms with E-state index < -0.39 is 28.4 Å². The van der Waals surface area contributed by atoms with Crippen molar-refractivity contribution in [3.05, 3.63) is 33.7 Å². The molecule has 1 heterocycles. The van der Waals surface area contributed by atoms with Gasteiger partial charge in [-0.05, 0) is 48.5 Å². The average Bonchev–Trinajstić information content (AvgIpc) is 2.60. The summed E-state index contributed by atoms with van der Waals surface area (Å²) < 4.78 is 27.1. The molecule has 0 saturated carbocycles. The zero-order valence-corrected chi connectivity index (χ0v) is 18.6. The summed E-state index contributed by atoms with van der Waals surface area (Å²) in [6.07, 6.45) is 1.28. The normalized spacial score (nSPS) is 12.0. The quantitative estimate of drug-likeness (QED) is 0.406.